The Balaban J connectivity index is 3.00. The number of methoxy groups -OCH3 is 1. The molecule has 0 amide bonds. The molecular formula is C9H11NO3. The van der Waals surface area contributed by atoms with Gasteiger partial charge >= 0.3 is 0 Å². The molecule has 0 fully saturated rings. The van der Waals surface area contributed by atoms with E-state index in [1.807, 2.05) is 0 Å². The molecule has 4 nitrogen and oxygen atoms in total. The number of ether oxygens (including phenoxy) is 1. The third kappa shape index (κ3) is 2.19. The topological polar surface area (TPSA) is 62.0 Å². The molecule has 0 aliphatic heterocycles. The highest BCUT2D eigenvalue weighted by atomic mass is 16.5. The first-order chi connectivity index (χ1) is 6.31. The van der Waals surface area contributed by atoms with Crippen molar-refractivity contribution in [2.45, 2.75) is 0 Å². The number of hydrogen-bond acceptors (Lipinski definition) is 4. The van der Waals surface area contributed by atoms with Gasteiger partial charge in [-0.25, -0.2) is 0 Å². The molecule has 1 aromatic rings. The lowest BCUT2D eigenvalue weighted by Crippen LogP contribution is -2.06. The molecule has 0 saturated heterocycles. The van der Waals surface area contributed by atoms with Crippen molar-refractivity contribution < 1.29 is 15.1 Å². The van der Waals surface area contributed by atoms with Gasteiger partial charge in [0.05, 0.1) is 13.7 Å². The third-order valence-corrected chi connectivity index (χ3v) is 1.67. The Kier molecular flexibility index (Phi) is 3.28. The minimum Gasteiger partial charge on any atom is -0.497 e. The average Bonchev–Trinajstić information content (AvgIpc) is 2.20. The van der Waals surface area contributed by atoms with Gasteiger partial charge in [0.25, 0.3) is 0 Å². The summed E-state index contributed by atoms with van der Waals surface area (Å²) >= 11 is 0. The van der Waals surface area contributed by atoms with E-state index in [-0.39, 0.29) is 12.3 Å². The van der Waals surface area contributed by atoms with Crippen LogP contribution in [0.5, 0.6) is 5.75 Å². The summed E-state index contributed by atoms with van der Waals surface area (Å²) in [6, 6.07) is 6.95. The summed E-state index contributed by atoms with van der Waals surface area (Å²) in [5, 5.41) is 20.3. The van der Waals surface area contributed by atoms with Gasteiger partial charge in [-0.3, -0.25) is 0 Å². The van der Waals surface area contributed by atoms with E-state index in [1.165, 1.54) is 0 Å². The van der Waals surface area contributed by atoms with Crippen LogP contribution < -0.4 is 4.74 Å². The number of nitrogens with zero attached hydrogens (tertiary/aromatic N) is 1. The molecule has 13 heavy (non-hydrogen) atoms. The molecule has 0 unspecified atom stereocenters. The van der Waals surface area contributed by atoms with E-state index in [0.717, 1.165) is 0 Å². The van der Waals surface area contributed by atoms with Crippen molar-refractivity contribution in [3.63, 3.8) is 0 Å². The smallest absolute Gasteiger partial charge is 0.119 e. The maximum Gasteiger partial charge on any atom is 0.119 e. The molecular weight excluding hydrogens is 170 g/mol. The van der Waals surface area contributed by atoms with Gasteiger partial charge in [0.15, 0.2) is 0 Å². The van der Waals surface area contributed by atoms with Crippen molar-refractivity contribution in [1.29, 1.82) is 0 Å². The van der Waals surface area contributed by atoms with Crippen LogP contribution in [0.2, 0.25) is 0 Å². The molecule has 0 aromatic heterocycles. The Morgan fingerprint density at radius 2 is 2.31 bits per heavy atom. The zero-order valence-corrected chi connectivity index (χ0v) is 7.27. The summed E-state index contributed by atoms with van der Waals surface area (Å²) in [6.45, 7) is -0.302. The van der Waals surface area contributed by atoms with E-state index in [1.54, 1.807) is 31.4 Å². The Labute approximate surface area is 76.1 Å². The van der Waals surface area contributed by atoms with Crippen LogP contribution in [0.25, 0.3) is 0 Å². The second-order valence-corrected chi connectivity index (χ2v) is 2.44. The molecule has 70 valence electrons. The maximum atomic E-state index is 8.81. The largest absolute Gasteiger partial charge is 0.497 e. The monoisotopic (exact) mass is 181 g/mol. The number of hydrogen-bond donors (Lipinski definition) is 2. The number of aliphatic hydroxyl groups is 1. The fourth-order valence-electron chi connectivity index (χ4n) is 0.983. The lowest BCUT2D eigenvalue weighted by Gasteiger charge is -2.03. The van der Waals surface area contributed by atoms with Gasteiger partial charge in [0.1, 0.15) is 11.5 Å². The molecule has 1 rings (SSSR count). The fraction of sp³-hybridized carbons (Fsp3) is 0.222. The minimum atomic E-state index is -0.302. The van der Waals surface area contributed by atoms with Gasteiger partial charge < -0.3 is 15.1 Å². The predicted molar refractivity (Wildman–Crippen MR) is 48.4 cm³/mol. The van der Waals surface area contributed by atoms with E-state index < -0.39 is 0 Å². The third-order valence-electron chi connectivity index (χ3n) is 1.67. The zero-order valence-electron chi connectivity index (χ0n) is 7.27. The van der Waals surface area contributed by atoms with Crippen LogP contribution in [0.3, 0.4) is 0 Å². The van der Waals surface area contributed by atoms with Gasteiger partial charge in [0, 0.05) is 5.56 Å². The van der Waals surface area contributed by atoms with Crippen molar-refractivity contribution in [2.75, 3.05) is 13.7 Å². The summed E-state index contributed by atoms with van der Waals surface area (Å²) in [4.78, 5) is 0. The Hall–Kier alpha value is -1.55. The lowest BCUT2D eigenvalue weighted by atomic mass is 10.1. The van der Waals surface area contributed by atoms with E-state index in [9.17, 15) is 0 Å². The number of oxime groups is 1. The van der Waals surface area contributed by atoms with Crippen LogP contribution in [0.4, 0.5) is 0 Å². The van der Waals surface area contributed by atoms with Crippen molar-refractivity contribution >= 4 is 5.71 Å². The SMILES string of the molecule is COc1cccc(C(CO)=NO)c1. The fourth-order valence-corrected chi connectivity index (χ4v) is 0.983. The van der Waals surface area contributed by atoms with Gasteiger partial charge in [-0.15, -0.1) is 0 Å². The first kappa shape index (κ1) is 9.54. The molecule has 2 N–H and O–H groups in total. The van der Waals surface area contributed by atoms with Gasteiger partial charge in [0.2, 0.25) is 0 Å². The molecule has 4 heteroatoms. The summed E-state index contributed by atoms with van der Waals surface area (Å²) in [5.41, 5.74) is 0.864. The molecule has 0 radical (unpaired) electrons. The van der Waals surface area contributed by atoms with Crippen molar-refractivity contribution in [3.8, 4) is 5.75 Å². The van der Waals surface area contributed by atoms with E-state index in [0.29, 0.717) is 11.3 Å². The van der Waals surface area contributed by atoms with Crippen molar-refractivity contribution in [2.24, 2.45) is 5.16 Å². The first-order valence-corrected chi connectivity index (χ1v) is 3.78. The quantitative estimate of drug-likeness (QED) is 0.413. The Bertz CT molecular complexity index is 309. The highest BCUT2D eigenvalue weighted by molar-refractivity contribution is 6.01. The highest BCUT2D eigenvalue weighted by Gasteiger charge is 2.03. The molecule has 0 spiro atoms. The molecule has 0 atom stereocenters. The number of rotatable bonds is 3. The molecule has 0 aliphatic carbocycles. The predicted octanol–water partition coefficient (Wildman–Crippen LogP) is 0.866. The minimum absolute atomic E-state index is 0.221. The normalized spacial score (nSPS) is 11.4. The lowest BCUT2D eigenvalue weighted by molar-refractivity contribution is 0.303. The second-order valence-electron chi connectivity index (χ2n) is 2.44. The van der Waals surface area contributed by atoms with Crippen LogP contribution in [0.15, 0.2) is 29.4 Å². The number of benzene rings is 1. The summed E-state index contributed by atoms with van der Waals surface area (Å²) < 4.78 is 4.98. The van der Waals surface area contributed by atoms with Crippen LogP contribution in [0, 0.1) is 0 Å². The summed E-state index contributed by atoms with van der Waals surface area (Å²) in [6.07, 6.45) is 0. The first-order valence-electron chi connectivity index (χ1n) is 3.78. The van der Waals surface area contributed by atoms with Crippen molar-refractivity contribution in [1.82, 2.24) is 0 Å². The van der Waals surface area contributed by atoms with Gasteiger partial charge in [-0.2, -0.15) is 0 Å². The van der Waals surface area contributed by atoms with E-state index in [4.69, 9.17) is 15.1 Å². The average molecular weight is 181 g/mol. The number of aliphatic hydroxyl groups excluding tert-OH is 1. The summed E-state index contributed by atoms with van der Waals surface area (Å²) in [7, 11) is 1.55. The van der Waals surface area contributed by atoms with Gasteiger partial charge in [-0.05, 0) is 12.1 Å². The Morgan fingerprint density at radius 1 is 1.54 bits per heavy atom. The van der Waals surface area contributed by atoms with E-state index in [2.05, 4.69) is 5.16 Å². The van der Waals surface area contributed by atoms with Gasteiger partial charge in [-0.1, -0.05) is 17.3 Å². The molecule has 0 aliphatic rings. The van der Waals surface area contributed by atoms with Crippen LogP contribution in [0.1, 0.15) is 5.56 Å². The summed E-state index contributed by atoms with van der Waals surface area (Å²) in [5.74, 6) is 0.659. The van der Waals surface area contributed by atoms with Crippen LogP contribution >= 0.6 is 0 Å². The zero-order chi connectivity index (χ0) is 9.68. The molecule has 0 bridgehead atoms. The van der Waals surface area contributed by atoms with Crippen molar-refractivity contribution in [3.05, 3.63) is 29.8 Å². The molecule has 0 saturated carbocycles. The second kappa shape index (κ2) is 4.47. The molecule has 0 heterocycles. The maximum absolute atomic E-state index is 8.81. The highest BCUT2D eigenvalue weighted by Crippen LogP contribution is 2.12. The standard InChI is InChI=1S/C9H11NO3/c1-13-8-4-2-3-7(5-8)9(6-11)10-12/h2-5,11-12H,6H2,1H3. The van der Waals surface area contributed by atoms with Crippen LogP contribution in [-0.4, -0.2) is 29.7 Å². The van der Waals surface area contributed by atoms with Crippen LogP contribution in [-0.2, 0) is 0 Å². The Morgan fingerprint density at radius 3 is 2.85 bits per heavy atom. The molecule has 1 aromatic carbocycles. The van der Waals surface area contributed by atoms with E-state index >= 15 is 0 Å².